The molecular weight excluding hydrogens is 179 g/mol. The Kier molecular flexibility index (Phi) is 3.20. The summed E-state index contributed by atoms with van der Waals surface area (Å²) in [5.41, 5.74) is 5.87. The Hall–Kier alpha value is -1.60. The number of primary amides is 1. The summed E-state index contributed by atoms with van der Waals surface area (Å²) in [6.07, 6.45) is -5.06. The van der Waals surface area contributed by atoms with E-state index in [1.165, 1.54) is 5.43 Å². The van der Waals surface area contributed by atoms with Gasteiger partial charge in [-0.3, -0.25) is 4.79 Å². The van der Waals surface area contributed by atoms with Crippen LogP contribution in [-0.2, 0) is 4.79 Å². The standard InChI is InChI=1S/C4H4F3N3O2/c5-4(6,7)2(11)1-9-10-3(8)12/h1H,(H3,8,10,12)/b9-1+. The first-order chi connectivity index (χ1) is 5.34. The van der Waals surface area contributed by atoms with Gasteiger partial charge in [0.05, 0.1) is 0 Å². The van der Waals surface area contributed by atoms with Crippen molar-refractivity contribution >= 4 is 18.0 Å². The first-order valence-electron chi connectivity index (χ1n) is 2.53. The number of Topliss-reactive ketones (excluding diaryl/α,β-unsaturated/α-hetero) is 1. The maximum absolute atomic E-state index is 11.4. The minimum atomic E-state index is -4.98. The van der Waals surface area contributed by atoms with Crippen molar-refractivity contribution in [2.75, 3.05) is 0 Å². The van der Waals surface area contributed by atoms with E-state index in [9.17, 15) is 22.8 Å². The summed E-state index contributed by atoms with van der Waals surface area (Å²) in [5, 5.41) is 2.62. The fourth-order valence-corrected chi connectivity index (χ4v) is 0.228. The van der Waals surface area contributed by atoms with E-state index in [-0.39, 0.29) is 6.21 Å². The van der Waals surface area contributed by atoms with Crippen molar-refractivity contribution in [1.82, 2.24) is 5.43 Å². The van der Waals surface area contributed by atoms with Gasteiger partial charge in [0.25, 0.3) is 5.78 Å². The molecule has 0 aliphatic rings. The fourth-order valence-electron chi connectivity index (χ4n) is 0.228. The van der Waals surface area contributed by atoms with Gasteiger partial charge < -0.3 is 5.73 Å². The van der Waals surface area contributed by atoms with Crippen LogP contribution in [0.1, 0.15) is 0 Å². The zero-order chi connectivity index (χ0) is 9.78. The number of alkyl halides is 3. The van der Waals surface area contributed by atoms with Gasteiger partial charge in [0, 0.05) is 0 Å². The van der Waals surface area contributed by atoms with E-state index in [1.807, 2.05) is 0 Å². The number of carbonyl (C=O) groups excluding carboxylic acids is 2. The Labute approximate surface area is 64.4 Å². The molecule has 0 heterocycles. The Morgan fingerprint density at radius 2 is 1.92 bits per heavy atom. The minimum Gasteiger partial charge on any atom is -0.350 e. The molecule has 0 saturated heterocycles. The van der Waals surface area contributed by atoms with Crippen molar-refractivity contribution in [3.8, 4) is 0 Å². The molecule has 3 N–H and O–H groups in total. The summed E-state index contributed by atoms with van der Waals surface area (Å²) >= 11 is 0. The van der Waals surface area contributed by atoms with Crippen molar-refractivity contribution in [2.45, 2.75) is 6.18 Å². The lowest BCUT2D eigenvalue weighted by atomic mass is 10.4. The summed E-state index contributed by atoms with van der Waals surface area (Å²) < 4.78 is 34.2. The highest BCUT2D eigenvalue weighted by molar-refractivity contribution is 6.30. The van der Waals surface area contributed by atoms with Crippen LogP contribution in [0.5, 0.6) is 0 Å². The second kappa shape index (κ2) is 3.69. The highest BCUT2D eigenvalue weighted by Crippen LogP contribution is 2.14. The van der Waals surface area contributed by atoms with Gasteiger partial charge in [-0.25, -0.2) is 10.2 Å². The molecule has 0 fully saturated rings. The number of hydrazone groups is 1. The smallest absolute Gasteiger partial charge is 0.350 e. The Balaban J connectivity index is 4.02. The number of rotatable bonds is 2. The van der Waals surface area contributed by atoms with Crippen molar-refractivity contribution in [1.29, 1.82) is 0 Å². The van der Waals surface area contributed by atoms with Crippen molar-refractivity contribution in [3.63, 3.8) is 0 Å². The number of halogens is 3. The number of urea groups is 1. The van der Waals surface area contributed by atoms with E-state index < -0.39 is 18.0 Å². The Morgan fingerprint density at radius 3 is 2.25 bits per heavy atom. The van der Waals surface area contributed by atoms with Crippen molar-refractivity contribution in [3.05, 3.63) is 0 Å². The van der Waals surface area contributed by atoms with Crippen LogP contribution in [0.2, 0.25) is 0 Å². The number of ketones is 1. The number of amides is 2. The van der Waals surface area contributed by atoms with Crippen LogP contribution < -0.4 is 11.2 Å². The molecule has 12 heavy (non-hydrogen) atoms. The normalized spacial score (nSPS) is 11.6. The summed E-state index contributed by atoms with van der Waals surface area (Å²) in [6.45, 7) is 0. The molecule has 0 saturated carbocycles. The summed E-state index contributed by atoms with van der Waals surface area (Å²) in [4.78, 5) is 19.8. The summed E-state index contributed by atoms with van der Waals surface area (Å²) in [6, 6.07) is -1.15. The van der Waals surface area contributed by atoms with E-state index >= 15 is 0 Å². The molecule has 0 unspecified atom stereocenters. The average molecular weight is 183 g/mol. The highest BCUT2D eigenvalue weighted by Gasteiger charge is 2.36. The lowest BCUT2D eigenvalue weighted by molar-refractivity contribution is -0.162. The monoisotopic (exact) mass is 183 g/mol. The van der Waals surface area contributed by atoms with Gasteiger partial charge in [-0.05, 0) is 0 Å². The van der Waals surface area contributed by atoms with E-state index in [0.29, 0.717) is 0 Å². The largest absolute Gasteiger partial charge is 0.455 e. The summed E-state index contributed by atoms with van der Waals surface area (Å²) in [5.74, 6) is -2.17. The zero-order valence-corrected chi connectivity index (χ0v) is 5.55. The molecule has 0 radical (unpaired) electrons. The van der Waals surface area contributed by atoms with E-state index in [4.69, 9.17) is 0 Å². The fraction of sp³-hybridized carbons (Fsp3) is 0.250. The third-order valence-corrected chi connectivity index (χ3v) is 0.636. The van der Waals surface area contributed by atoms with Crippen LogP contribution >= 0.6 is 0 Å². The number of hydrogen-bond donors (Lipinski definition) is 2. The molecule has 0 aliphatic heterocycles. The molecule has 0 aromatic carbocycles. The van der Waals surface area contributed by atoms with E-state index in [2.05, 4.69) is 10.8 Å². The Bertz CT molecular complexity index is 222. The minimum absolute atomic E-state index is 0.0786. The number of nitrogens with one attached hydrogen (secondary N) is 1. The molecule has 0 aliphatic carbocycles. The second-order valence-electron chi connectivity index (χ2n) is 1.60. The molecule has 0 aromatic rings. The molecule has 0 rings (SSSR count). The molecule has 2 amide bonds. The molecular formula is C4H4F3N3O2. The molecule has 5 nitrogen and oxygen atoms in total. The van der Waals surface area contributed by atoms with Gasteiger partial charge in [0.15, 0.2) is 0 Å². The van der Waals surface area contributed by atoms with Crippen LogP contribution in [0.15, 0.2) is 5.10 Å². The number of hydrogen-bond acceptors (Lipinski definition) is 3. The quantitative estimate of drug-likeness (QED) is 0.457. The number of nitrogens with zero attached hydrogens (tertiary/aromatic N) is 1. The van der Waals surface area contributed by atoms with Crippen LogP contribution in [0.25, 0.3) is 0 Å². The number of nitrogens with two attached hydrogens (primary N) is 1. The number of carbonyl (C=O) groups is 2. The van der Waals surface area contributed by atoms with Crippen LogP contribution in [0.3, 0.4) is 0 Å². The SMILES string of the molecule is NC(=O)N/N=C/C(=O)C(F)(F)F. The first kappa shape index (κ1) is 10.4. The van der Waals surface area contributed by atoms with Gasteiger partial charge in [0.2, 0.25) is 0 Å². The highest BCUT2D eigenvalue weighted by atomic mass is 19.4. The molecule has 0 atom stereocenters. The first-order valence-corrected chi connectivity index (χ1v) is 2.53. The van der Waals surface area contributed by atoms with Gasteiger partial charge in [0.1, 0.15) is 6.21 Å². The van der Waals surface area contributed by atoms with Gasteiger partial charge in [-0.2, -0.15) is 18.3 Å². The topological polar surface area (TPSA) is 84.6 Å². The lowest BCUT2D eigenvalue weighted by Crippen LogP contribution is -2.28. The van der Waals surface area contributed by atoms with Crippen LogP contribution in [-0.4, -0.2) is 24.2 Å². The predicted molar refractivity (Wildman–Crippen MR) is 32.3 cm³/mol. The molecule has 0 bridgehead atoms. The molecule has 68 valence electrons. The summed E-state index contributed by atoms with van der Waals surface area (Å²) in [7, 11) is 0. The lowest BCUT2D eigenvalue weighted by Gasteiger charge is -1.98. The molecule has 0 spiro atoms. The van der Waals surface area contributed by atoms with Gasteiger partial charge in [-0.15, -0.1) is 0 Å². The maximum Gasteiger partial charge on any atom is 0.455 e. The average Bonchev–Trinajstić information content (AvgIpc) is 1.84. The molecule has 0 aromatic heterocycles. The van der Waals surface area contributed by atoms with Gasteiger partial charge >= 0.3 is 12.2 Å². The third-order valence-electron chi connectivity index (χ3n) is 0.636. The van der Waals surface area contributed by atoms with Gasteiger partial charge in [-0.1, -0.05) is 0 Å². The second-order valence-corrected chi connectivity index (χ2v) is 1.60. The third kappa shape index (κ3) is 4.25. The molecule has 8 heteroatoms. The van der Waals surface area contributed by atoms with E-state index in [0.717, 1.165) is 0 Å². The van der Waals surface area contributed by atoms with Crippen LogP contribution in [0, 0.1) is 0 Å². The van der Waals surface area contributed by atoms with Crippen LogP contribution in [0.4, 0.5) is 18.0 Å². The van der Waals surface area contributed by atoms with Crippen molar-refractivity contribution < 1.29 is 22.8 Å². The zero-order valence-electron chi connectivity index (χ0n) is 5.55. The maximum atomic E-state index is 11.4. The Morgan fingerprint density at radius 1 is 1.42 bits per heavy atom. The van der Waals surface area contributed by atoms with Crippen molar-refractivity contribution in [2.24, 2.45) is 10.8 Å². The van der Waals surface area contributed by atoms with E-state index in [1.54, 1.807) is 0 Å². The predicted octanol–water partition coefficient (Wildman–Crippen LogP) is -0.228.